The summed E-state index contributed by atoms with van der Waals surface area (Å²) < 4.78 is 30.8. The predicted octanol–water partition coefficient (Wildman–Crippen LogP) is 7.94. The van der Waals surface area contributed by atoms with Crippen molar-refractivity contribution in [3.8, 4) is 17.0 Å². The molecule has 0 spiro atoms. The highest BCUT2D eigenvalue weighted by atomic mass is 79.9. The Labute approximate surface area is 201 Å². The van der Waals surface area contributed by atoms with E-state index in [0.717, 1.165) is 32.4 Å². The average Bonchev–Trinajstić information content (AvgIpc) is 3.30. The number of aromatic nitrogens is 1. The lowest BCUT2D eigenvalue weighted by atomic mass is 10.0. The van der Waals surface area contributed by atoms with Gasteiger partial charge in [-0.2, -0.15) is 0 Å². The molecule has 7 heteroatoms. The topological polar surface area (TPSA) is 23.4 Å². The normalized spacial score (nSPS) is 15.6. The van der Waals surface area contributed by atoms with Crippen LogP contribution in [0.4, 0.5) is 4.39 Å². The molecule has 1 unspecified atom stereocenters. The first-order chi connectivity index (χ1) is 14.8. The summed E-state index contributed by atoms with van der Waals surface area (Å²) in [5, 5.41) is 1.03. The molecule has 160 valence electrons. The highest BCUT2D eigenvalue weighted by Crippen LogP contribution is 2.47. The van der Waals surface area contributed by atoms with Crippen molar-refractivity contribution < 1.29 is 13.9 Å². The monoisotopic (exact) mass is 563 g/mol. The molecule has 1 aliphatic heterocycles. The number of benzene rings is 2. The quantitative estimate of drug-likeness (QED) is 0.251. The van der Waals surface area contributed by atoms with Gasteiger partial charge >= 0.3 is 0 Å². The zero-order valence-corrected chi connectivity index (χ0v) is 21.2. The van der Waals surface area contributed by atoms with Crippen molar-refractivity contribution in [1.82, 2.24) is 4.57 Å². The molecule has 2 aromatic heterocycles. The molecule has 0 radical (unpaired) electrons. The molecule has 0 saturated carbocycles. The molecule has 1 aliphatic rings. The lowest BCUT2D eigenvalue weighted by Gasteiger charge is -2.29. The maximum atomic E-state index is 15.0. The third kappa shape index (κ3) is 3.75. The van der Waals surface area contributed by atoms with Gasteiger partial charge in [0.25, 0.3) is 0 Å². The number of thiophene rings is 1. The molecule has 2 aromatic carbocycles. The highest BCUT2D eigenvalue weighted by molar-refractivity contribution is 9.10. The first-order valence-corrected chi connectivity index (χ1v) is 12.3. The van der Waals surface area contributed by atoms with E-state index in [1.165, 1.54) is 10.9 Å². The van der Waals surface area contributed by atoms with Crippen molar-refractivity contribution in [1.29, 1.82) is 0 Å². The smallest absolute Gasteiger partial charge is 0.212 e. The van der Waals surface area contributed by atoms with Crippen molar-refractivity contribution in [2.45, 2.75) is 32.1 Å². The summed E-state index contributed by atoms with van der Waals surface area (Å²) in [6.07, 6.45) is 0.434. The minimum Gasteiger partial charge on any atom is -0.464 e. The number of nitrogens with zero attached hydrogens (tertiary/aromatic N) is 1. The van der Waals surface area contributed by atoms with E-state index in [0.29, 0.717) is 15.8 Å². The zero-order chi connectivity index (χ0) is 21.9. The van der Waals surface area contributed by atoms with E-state index >= 15 is 4.39 Å². The second-order valence-corrected chi connectivity index (χ2v) is 11.3. The summed E-state index contributed by atoms with van der Waals surface area (Å²) in [5.41, 5.74) is 2.07. The molecule has 31 heavy (non-hydrogen) atoms. The average molecular weight is 565 g/mol. The predicted molar refractivity (Wildman–Crippen MR) is 131 cm³/mol. The molecule has 5 rings (SSSR count). The fourth-order valence-corrected chi connectivity index (χ4v) is 6.05. The Morgan fingerprint density at radius 3 is 2.68 bits per heavy atom. The van der Waals surface area contributed by atoms with Crippen LogP contribution in [0.2, 0.25) is 0 Å². The molecule has 1 atom stereocenters. The van der Waals surface area contributed by atoms with Gasteiger partial charge in [0, 0.05) is 32.7 Å². The highest BCUT2D eigenvalue weighted by Gasteiger charge is 2.32. The Hall–Kier alpha value is -1.67. The summed E-state index contributed by atoms with van der Waals surface area (Å²) in [4.78, 5) is 2.28. The van der Waals surface area contributed by atoms with E-state index in [-0.39, 0.29) is 17.6 Å². The SMILES string of the molecule is COC(C)(C)Cc1ccc(C2Oc3cc(Br)cc(F)c3-c3cc4cc(Br)ccc4n32)s1. The second kappa shape index (κ2) is 7.73. The standard InChI is InChI=1S/C24H20Br2FNO2S/c1-24(2,29-3)12-16-5-7-21(31-16)23-28-18-6-4-14(25)8-13(18)9-19(28)22-17(27)10-15(26)11-20(22)30-23/h4-11,23H,12H2,1-3H3. The van der Waals surface area contributed by atoms with Gasteiger partial charge < -0.3 is 9.47 Å². The minimum absolute atomic E-state index is 0.242. The Morgan fingerprint density at radius 1 is 1.10 bits per heavy atom. The number of fused-ring (bicyclic) bond motifs is 5. The van der Waals surface area contributed by atoms with Gasteiger partial charge in [-0.05, 0) is 62.4 Å². The molecule has 3 heterocycles. The van der Waals surface area contributed by atoms with E-state index in [2.05, 4.69) is 68.5 Å². The summed E-state index contributed by atoms with van der Waals surface area (Å²) in [7, 11) is 1.73. The third-order valence-corrected chi connectivity index (χ3v) is 7.69. The van der Waals surface area contributed by atoms with E-state index in [9.17, 15) is 0 Å². The van der Waals surface area contributed by atoms with Gasteiger partial charge in [-0.15, -0.1) is 11.3 Å². The molecule has 0 bridgehead atoms. The number of methoxy groups -OCH3 is 1. The molecule has 4 aromatic rings. The first-order valence-electron chi connectivity index (χ1n) is 9.86. The fourth-order valence-electron chi connectivity index (χ4n) is 4.02. The minimum atomic E-state index is -0.376. The Balaban J connectivity index is 1.69. The number of hydrogen-bond acceptors (Lipinski definition) is 3. The van der Waals surface area contributed by atoms with Gasteiger partial charge in [-0.25, -0.2) is 4.39 Å². The van der Waals surface area contributed by atoms with Gasteiger partial charge in [0.1, 0.15) is 11.6 Å². The van der Waals surface area contributed by atoms with Gasteiger partial charge in [-0.3, -0.25) is 4.57 Å². The first kappa shape index (κ1) is 21.2. The lowest BCUT2D eigenvalue weighted by molar-refractivity contribution is 0.0238. The summed E-state index contributed by atoms with van der Waals surface area (Å²) in [6.45, 7) is 4.16. The van der Waals surface area contributed by atoms with Crippen molar-refractivity contribution >= 4 is 54.1 Å². The zero-order valence-electron chi connectivity index (χ0n) is 17.2. The van der Waals surface area contributed by atoms with Crippen LogP contribution in [-0.2, 0) is 11.2 Å². The molecular formula is C24H20Br2FNO2S. The lowest BCUT2D eigenvalue weighted by Crippen LogP contribution is -2.24. The second-order valence-electron chi connectivity index (χ2n) is 8.28. The summed E-state index contributed by atoms with van der Waals surface area (Å²) in [6, 6.07) is 15.7. The molecular weight excluding hydrogens is 545 g/mol. The molecule has 0 fully saturated rings. The van der Waals surface area contributed by atoms with Gasteiger partial charge in [-0.1, -0.05) is 31.9 Å². The van der Waals surface area contributed by atoms with Gasteiger partial charge in [0.2, 0.25) is 6.23 Å². The van der Waals surface area contributed by atoms with Crippen LogP contribution in [0.5, 0.6) is 5.75 Å². The number of ether oxygens (including phenoxy) is 2. The molecule has 0 amide bonds. The summed E-state index contributed by atoms with van der Waals surface area (Å²) in [5.74, 6) is 0.234. The van der Waals surface area contributed by atoms with Crippen LogP contribution in [0.3, 0.4) is 0 Å². The summed E-state index contributed by atoms with van der Waals surface area (Å²) >= 11 is 8.65. The maximum Gasteiger partial charge on any atom is 0.212 e. The van der Waals surface area contributed by atoms with Gasteiger partial charge in [0.05, 0.1) is 27.3 Å². The molecule has 0 saturated heterocycles. The van der Waals surface area contributed by atoms with Crippen molar-refractivity contribution in [2.24, 2.45) is 0 Å². The van der Waals surface area contributed by atoms with E-state index in [1.54, 1.807) is 18.4 Å². The molecule has 0 aliphatic carbocycles. The van der Waals surface area contributed by atoms with E-state index in [1.807, 2.05) is 24.3 Å². The van der Waals surface area contributed by atoms with Crippen LogP contribution in [0.15, 0.2) is 57.5 Å². The van der Waals surface area contributed by atoms with Crippen LogP contribution < -0.4 is 4.74 Å². The van der Waals surface area contributed by atoms with Crippen molar-refractivity contribution in [3.63, 3.8) is 0 Å². The Kier molecular flexibility index (Phi) is 5.28. The fraction of sp³-hybridized carbons (Fsp3) is 0.250. The number of halogens is 3. The van der Waals surface area contributed by atoms with Crippen molar-refractivity contribution in [3.05, 3.63) is 73.0 Å². The van der Waals surface area contributed by atoms with Gasteiger partial charge in [0.15, 0.2) is 0 Å². The maximum absolute atomic E-state index is 15.0. The van der Waals surface area contributed by atoms with Crippen LogP contribution in [0.25, 0.3) is 22.2 Å². The van der Waals surface area contributed by atoms with Crippen LogP contribution in [0, 0.1) is 5.82 Å². The Morgan fingerprint density at radius 2 is 1.90 bits per heavy atom. The largest absolute Gasteiger partial charge is 0.464 e. The third-order valence-electron chi connectivity index (χ3n) is 5.63. The van der Waals surface area contributed by atoms with Crippen LogP contribution in [-0.4, -0.2) is 17.3 Å². The molecule has 3 nitrogen and oxygen atoms in total. The number of rotatable bonds is 4. The number of hydrogen-bond donors (Lipinski definition) is 0. The van der Waals surface area contributed by atoms with Crippen LogP contribution >= 0.6 is 43.2 Å². The van der Waals surface area contributed by atoms with E-state index in [4.69, 9.17) is 9.47 Å². The van der Waals surface area contributed by atoms with E-state index < -0.39 is 0 Å². The Bertz CT molecular complexity index is 1310. The van der Waals surface area contributed by atoms with Crippen molar-refractivity contribution in [2.75, 3.05) is 7.11 Å². The molecule has 0 N–H and O–H groups in total. The van der Waals surface area contributed by atoms with Crippen LogP contribution in [0.1, 0.15) is 29.8 Å².